The molecule has 4 aliphatic rings. The minimum atomic E-state index is -0.297. The van der Waals surface area contributed by atoms with Gasteiger partial charge in [0.2, 0.25) is 11.9 Å². The fraction of sp³-hybridized carbons (Fsp3) is 0.355. The molecule has 0 spiro atoms. The molecule has 9 heteroatoms. The molecule has 4 N–H and O–H groups in total. The molecule has 2 aromatic rings. The number of likely N-dealkylation sites (tertiary alicyclic amines) is 1. The predicted molar refractivity (Wildman–Crippen MR) is 157 cm³/mol. The normalized spacial score (nSPS) is 19.5. The van der Waals surface area contributed by atoms with Crippen molar-refractivity contribution in [3.8, 4) is 23.6 Å². The van der Waals surface area contributed by atoms with Crippen molar-refractivity contribution in [2.75, 3.05) is 30.4 Å². The SMILES string of the molecule is C#CN(c1ccc(C(=O)NC2CCN(C)CC2)cc1)c1nccc(N[C@@H]2CCC[C@@H]2C(N)=O)n1.c1cc2cc-2c1. The summed E-state index contributed by atoms with van der Waals surface area (Å²) in [6, 6.07) is 20.0. The van der Waals surface area contributed by atoms with E-state index >= 15 is 0 Å². The Balaban J connectivity index is 0.000000467. The van der Waals surface area contributed by atoms with E-state index in [-0.39, 0.29) is 29.8 Å². The van der Waals surface area contributed by atoms with Crippen LogP contribution in [0.4, 0.5) is 17.5 Å². The van der Waals surface area contributed by atoms with Crippen LogP contribution in [0.1, 0.15) is 42.5 Å². The zero-order valence-corrected chi connectivity index (χ0v) is 22.7. The minimum absolute atomic E-state index is 0.0538. The maximum Gasteiger partial charge on any atom is 0.251 e. The number of nitrogens with two attached hydrogens (primary N) is 1. The number of hydrogen-bond donors (Lipinski definition) is 3. The Morgan fingerprint density at radius 3 is 2.38 bits per heavy atom. The van der Waals surface area contributed by atoms with Gasteiger partial charge in [-0.15, -0.1) is 0 Å². The van der Waals surface area contributed by atoms with Crippen molar-refractivity contribution in [2.24, 2.45) is 11.7 Å². The summed E-state index contributed by atoms with van der Waals surface area (Å²) in [7, 11) is 2.09. The largest absolute Gasteiger partial charge is 0.369 e. The van der Waals surface area contributed by atoms with Gasteiger partial charge in [-0.1, -0.05) is 31.0 Å². The van der Waals surface area contributed by atoms with Crippen LogP contribution >= 0.6 is 0 Å². The molecule has 1 saturated carbocycles. The molecule has 2 amide bonds. The summed E-state index contributed by atoms with van der Waals surface area (Å²) < 4.78 is 0. The van der Waals surface area contributed by atoms with Gasteiger partial charge in [0.15, 0.2) is 0 Å². The van der Waals surface area contributed by atoms with Gasteiger partial charge in [-0.3, -0.25) is 9.59 Å². The predicted octanol–water partition coefficient (Wildman–Crippen LogP) is 3.76. The van der Waals surface area contributed by atoms with E-state index in [4.69, 9.17) is 12.2 Å². The van der Waals surface area contributed by atoms with Crippen LogP contribution in [0.5, 0.6) is 0 Å². The molecule has 1 aliphatic heterocycles. The molecule has 2 atom stereocenters. The smallest absolute Gasteiger partial charge is 0.251 e. The molecule has 0 radical (unpaired) electrons. The second-order valence-corrected chi connectivity index (χ2v) is 10.6. The van der Waals surface area contributed by atoms with Gasteiger partial charge in [0, 0.05) is 29.9 Å². The number of piperidine rings is 1. The summed E-state index contributed by atoms with van der Waals surface area (Å²) in [5.74, 6) is 0.309. The van der Waals surface area contributed by atoms with E-state index in [1.54, 1.807) is 36.5 Å². The molecule has 3 aliphatic carbocycles. The highest BCUT2D eigenvalue weighted by Crippen LogP contribution is 2.32. The molecular weight excluding hydrogens is 502 g/mol. The number of carbonyl (C=O) groups is 2. The Morgan fingerprint density at radius 2 is 1.77 bits per heavy atom. The number of hydrogen-bond acceptors (Lipinski definition) is 7. The Kier molecular flexibility index (Phi) is 8.27. The first-order valence-electron chi connectivity index (χ1n) is 13.8. The molecule has 1 aromatic carbocycles. The van der Waals surface area contributed by atoms with Crippen molar-refractivity contribution in [1.82, 2.24) is 20.2 Å². The van der Waals surface area contributed by atoms with Crippen molar-refractivity contribution in [2.45, 2.75) is 44.2 Å². The lowest BCUT2D eigenvalue weighted by Crippen LogP contribution is -2.43. The van der Waals surface area contributed by atoms with E-state index in [0.29, 0.717) is 23.0 Å². The third-order valence-electron chi connectivity index (χ3n) is 7.74. The van der Waals surface area contributed by atoms with Crippen LogP contribution < -0.4 is 21.3 Å². The maximum atomic E-state index is 12.7. The fourth-order valence-electron chi connectivity index (χ4n) is 5.31. The molecule has 1 aromatic heterocycles. The first kappa shape index (κ1) is 27.2. The van der Waals surface area contributed by atoms with Crippen molar-refractivity contribution < 1.29 is 9.59 Å². The van der Waals surface area contributed by atoms with Gasteiger partial charge in [-0.25, -0.2) is 9.88 Å². The monoisotopic (exact) mass is 537 g/mol. The average Bonchev–Trinajstić information content (AvgIpc) is 3.30. The van der Waals surface area contributed by atoms with E-state index in [1.165, 1.54) is 16.0 Å². The van der Waals surface area contributed by atoms with Crippen molar-refractivity contribution in [1.29, 1.82) is 0 Å². The summed E-state index contributed by atoms with van der Waals surface area (Å²) >= 11 is 0. The lowest BCUT2D eigenvalue weighted by atomic mass is 10.0. The topological polar surface area (TPSA) is 116 Å². The molecule has 0 bridgehead atoms. The summed E-state index contributed by atoms with van der Waals surface area (Å²) in [6.45, 7) is 1.97. The summed E-state index contributed by atoms with van der Waals surface area (Å²) in [6.07, 6.45) is 11.9. The summed E-state index contributed by atoms with van der Waals surface area (Å²) in [5, 5.41) is 6.42. The zero-order chi connectivity index (χ0) is 28.1. The molecule has 206 valence electrons. The molecule has 2 heterocycles. The van der Waals surface area contributed by atoms with Crippen LogP contribution in [0.15, 0.2) is 60.8 Å². The number of amides is 2. The molecule has 2 fully saturated rings. The standard InChI is InChI=1S/C25H31N7O2.C6H4/c1-3-32(25-27-14-11-22(30-25)29-21-6-4-5-20(21)23(26)33)19-9-7-17(8-10-19)24(34)28-18-12-15-31(2)16-13-18;1-2-5-4-6(5)3-1/h1,7-11,14,18,20-21H,4-6,12-13,15-16H2,2H3,(H2,26,33)(H,28,34)(H,27,29,30);1-4H/t20-,21+;/m0./s1. The van der Waals surface area contributed by atoms with Gasteiger partial charge in [-0.2, -0.15) is 4.98 Å². The second kappa shape index (κ2) is 12.2. The minimum Gasteiger partial charge on any atom is -0.369 e. The summed E-state index contributed by atoms with van der Waals surface area (Å²) in [5.41, 5.74) is 9.63. The van der Waals surface area contributed by atoms with Crippen LogP contribution in [-0.4, -0.2) is 58.9 Å². The van der Waals surface area contributed by atoms with Gasteiger partial charge in [0.05, 0.1) is 11.6 Å². The van der Waals surface area contributed by atoms with Crippen LogP contribution in [0, 0.1) is 18.4 Å². The van der Waals surface area contributed by atoms with Gasteiger partial charge < -0.3 is 21.3 Å². The highest BCUT2D eigenvalue weighted by Gasteiger charge is 2.31. The number of benzene rings is 2. The van der Waals surface area contributed by atoms with E-state index in [2.05, 4.69) is 62.9 Å². The van der Waals surface area contributed by atoms with Crippen LogP contribution in [0.3, 0.4) is 0 Å². The molecule has 40 heavy (non-hydrogen) atoms. The van der Waals surface area contributed by atoms with Gasteiger partial charge in [0.25, 0.3) is 5.91 Å². The lowest BCUT2D eigenvalue weighted by Gasteiger charge is -2.29. The van der Waals surface area contributed by atoms with E-state index in [9.17, 15) is 9.59 Å². The third-order valence-corrected chi connectivity index (χ3v) is 7.74. The number of carbonyl (C=O) groups excluding carboxylic acids is 2. The number of fused-ring (bicyclic) bond motifs is 1. The van der Waals surface area contributed by atoms with Crippen molar-refractivity contribution >= 4 is 29.3 Å². The lowest BCUT2D eigenvalue weighted by molar-refractivity contribution is -0.121. The maximum absolute atomic E-state index is 12.7. The highest BCUT2D eigenvalue weighted by atomic mass is 16.2. The van der Waals surface area contributed by atoms with Gasteiger partial charge in [-0.05, 0) is 93.3 Å². The van der Waals surface area contributed by atoms with Crippen molar-refractivity contribution in [3.63, 3.8) is 0 Å². The number of nitrogens with zero attached hydrogens (tertiary/aromatic N) is 4. The fourth-order valence-corrected chi connectivity index (χ4v) is 5.31. The first-order chi connectivity index (χ1) is 19.4. The number of nitrogens with one attached hydrogen (secondary N) is 2. The molecular formula is C31H35N7O2. The zero-order valence-electron chi connectivity index (χ0n) is 22.7. The Morgan fingerprint density at radius 1 is 1.05 bits per heavy atom. The number of aromatic nitrogens is 2. The number of anilines is 3. The average molecular weight is 538 g/mol. The first-order valence-corrected chi connectivity index (χ1v) is 13.8. The molecule has 0 unspecified atom stereocenters. The Labute approximate surface area is 235 Å². The van der Waals surface area contributed by atoms with Crippen LogP contribution in [-0.2, 0) is 4.79 Å². The number of primary amides is 1. The highest BCUT2D eigenvalue weighted by molar-refractivity contribution is 5.94. The van der Waals surface area contributed by atoms with Crippen LogP contribution in [0.2, 0.25) is 0 Å². The summed E-state index contributed by atoms with van der Waals surface area (Å²) in [4.78, 5) is 37.0. The Hall–Kier alpha value is -4.42. The quantitative estimate of drug-likeness (QED) is 0.243. The third kappa shape index (κ3) is 6.58. The Bertz CT molecular complexity index is 1380. The second-order valence-electron chi connectivity index (χ2n) is 10.6. The van der Waals surface area contributed by atoms with Crippen LogP contribution in [0.25, 0.3) is 11.1 Å². The van der Waals surface area contributed by atoms with Gasteiger partial charge >= 0.3 is 0 Å². The van der Waals surface area contributed by atoms with E-state index < -0.39 is 0 Å². The number of rotatable bonds is 7. The van der Waals surface area contributed by atoms with E-state index in [0.717, 1.165) is 45.2 Å². The van der Waals surface area contributed by atoms with Crippen molar-refractivity contribution in [3.05, 3.63) is 66.4 Å². The molecule has 9 nitrogen and oxygen atoms in total. The molecule has 6 rings (SSSR count). The van der Waals surface area contributed by atoms with Gasteiger partial charge in [0.1, 0.15) is 5.82 Å². The molecule has 1 saturated heterocycles. The number of terminal acetylenes is 1. The van der Waals surface area contributed by atoms with E-state index in [1.807, 2.05) is 0 Å².